The second kappa shape index (κ2) is 6.56. The van der Waals surface area contributed by atoms with Crippen LogP contribution >= 0.6 is 0 Å². The molecule has 0 aliphatic carbocycles. The number of amides is 3. The fraction of sp³-hybridized carbons (Fsp3) is 0.533. The summed E-state index contributed by atoms with van der Waals surface area (Å²) in [5.74, 6) is 0.230. The number of pyridine rings is 1. The third-order valence-electron chi connectivity index (χ3n) is 3.72. The fourth-order valence-electron chi connectivity index (χ4n) is 2.56. The van der Waals surface area contributed by atoms with E-state index >= 15 is 0 Å². The molecule has 0 bridgehead atoms. The van der Waals surface area contributed by atoms with E-state index < -0.39 is 0 Å². The first kappa shape index (κ1) is 15.3. The van der Waals surface area contributed by atoms with Gasteiger partial charge in [-0.15, -0.1) is 0 Å². The van der Waals surface area contributed by atoms with Crippen LogP contribution in [0.2, 0.25) is 0 Å². The molecule has 1 aliphatic heterocycles. The number of hydrogen-bond acceptors (Lipinski definition) is 3. The molecule has 0 spiro atoms. The molecule has 0 aromatic carbocycles. The van der Waals surface area contributed by atoms with Gasteiger partial charge in [-0.2, -0.15) is 0 Å². The molecule has 1 atom stereocenters. The fourth-order valence-corrected chi connectivity index (χ4v) is 2.56. The van der Waals surface area contributed by atoms with Gasteiger partial charge in [0, 0.05) is 26.7 Å². The number of carbonyl (C=O) groups excluding carboxylic acids is 2. The van der Waals surface area contributed by atoms with Crippen LogP contribution in [0.5, 0.6) is 0 Å². The van der Waals surface area contributed by atoms with Gasteiger partial charge in [-0.05, 0) is 31.4 Å². The molecule has 1 aromatic rings. The largest absolute Gasteiger partial charge is 0.343 e. The monoisotopic (exact) mass is 290 g/mol. The Morgan fingerprint density at radius 2 is 2.19 bits per heavy atom. The maximum atomic E-state index is 12.3. The van der Waals surface area contributed by atoms with E-state index in [9.17, 15) is 9.59 Å². The molecule has 1 aromatic heterocycles. The van der Waals surface area contributed by atoms with Crippen LogP contribution in [0, 0.1) is 0 Å². The van der Waals surface area contributed by atoms with E-state index in [0.29, 0.717) is 17.6 Å². The van der Waals surface area contributed by atoms with Crippen LogP contribution in [0.25, 0.3) is 0 Å². The highest BCUT2D eigenvalue weighted by atomic mass is 16.2. The van der Waals surface area contributed by atoms with E-state index in [1.165, 1.54) is 4.90 Å². The molecule has 6 heteroatoms. The number of nitrogens with zero attached hydrogens (tertiary/aromatic N) is 3. The molecule has 2 heterocycles. The zero-order chi connectivity index (χ0) is 15.4. The normalized spacial score (nSPS) is 17.7. The lowest BCUT2D eigenvalue weighted by molar-refractivity contribution is 0.0822. The van der Waals surface area contributed by atoms with Gasteiger partial charge in [0.15, 0.2) is 0 Å². The average molecular weight is 290 g/mol. The van der Waals surface area contributed by atoms with Gasteiger partial charge in [0.1, 0.15) is 11.5 Å². The van der Waals surface area contributed by atoms with Crippen molar-refractivity contribution in [3.8, 4) is 0 Å². The lowest BCUT2D eigenvalue weighted by Crippen LogP contribution is -2.38. The topological polar surface area (TPSA) is 65.5 Å². The Morgan fingerprint density at radius 1 is 1.43 bits per heavy atom. The molecule has 2 rings (SSSR count). The number of anilines is 1. The number of likely N-dealkylation sites (tertiary alicyclic amines) is 1. The Balaban J connectivity index is 2.07. The molecular weight excluding hydrogens is 268 g/mol. The minimum absolute atomic E-state index is 0.138. The van der Waals surface area contributed by atoms with Crippen molar-refractivity contribution in [2.45, 2.75) is 32.2 Å². The molecule has 1 fully saturated rings. The molecule has 3 amide bonds. The summed E-state index contributed by atoms with van der Waals surface area (Å²) in [6.45, 7) is 2.87. The summed E-state index contributed by atoms with van der Waals surface area (Å²) in [7, 11) is 3.34. The first-order valence-corrected chi connectivity index (χ1v) is 7.29. The third-order valence-corrected chi connectivity index (χ3v) is 3.72. The summed E-state index contributed by atoms with van der Waals surface area (Å²) in [5.41, 5.74) is 0.325. The smallest absolute Gasteiger partial charge is 0.323 e. The van der Waals surface area contributed by atoms with Crippen molar-refractivity contribution in [1.29, 1.82) is 0 Å². The van der Waals surface area contributed by atoms with E-state index in [1.807, 2.05) is 4.90 Å². The lowest BCUT2D eigenvalue weighted by Gasteiger charge is -2.23. The second-order valence-electron chi connectivity index (χ2n) is 5.44. The first-order chi connectivity index (χ1) is 10.0. The molecule has 0 saturated carbocycles. The zero-order valence-corrected chi connectivity index (χ0v) is 12.8. The number of aromatic nitrogens is 1. The summed E-state index contributed by atoms with van der Waals surface area (Å²) in [4.78, 5) is 31.7. The number of carbonyl (C=O) groups is 2. The molecule has 6 nitrogen and oxygen atoms in total. The predicted molar refractivity (Wildman–Crippen MR) is 81.3 cm³/mol. The highest BCUT2D eigenvalue weighted by Gasteiger charge is 2.27. The molecule has 1 N–H and O–H groups in total. The van der Waals surface area contributed by atoms with E-state index in [1.54, 1.807) is 32.3 Å². The standard InChI is InChI=1S/C15H22N4O2/c1-4-11-7-6-10-19(11)15(21)17-13-9-5-8-12(16-13)14(20)18(2)3/h5,8-9,11H,4,6-7,10H2,1-3H3,(H,16,17,21)/t11-/m0/s1. The maximum Gasteiger partial charge on any atom is 0.323 e. The van der Waals surface area contributed by atoms with Gasteiger partial charge in [0.2, 0.25) is 0 Å². The minimum atomic E-state index is -0.182. The highest BCUT2D eigenvalue weighted by Crippen LogP contribution is 2.20. The zero-order valence-electron chi connectivity index (χ0n) is 12.8. The Hall–Kier alpha value is -2.11. The van der Waals surface area contributed by atoms with Crippen molar-refractivity contribution in [2.75, 3.05) is 26.0 Å². The molecule has 0 radical (unpaired) electrons. The van der Waals surface area contributed by atoms with E-state index in [-0.39, 0.29) is 11.9 Å². The van der Waals surface area contributed by atoms with Crippen LogP contribution in [-0.4, -0.2) is 53.4 Å². The van der Waals surface area contributed by atoms with Crippen LogP contribution < -0.4 is 5.32 Å². The van der Waals surface area contributed by atoms with Crippen molar-refractivity contribution >= 4 is 17.8 Å². The molecule has 21 heavy (non-hydrogen) atoms. The van der Waals surface area contributed by atoms with Crippen molar-refractivity contribution in [1.82, 2.24) is 14.8 Å². The number of rotatable bonds is 3. The summed E-state index contributed by atoms with van der Waals surface area (Å²) >= 11 is 0. The molecule has 0 unspecified atom stereocenters. The van der Waals surface area contributed by atoms with E-state index in [4.69, 9.17) is 0 Å². The Morgan fingerprint density at radius 3 is 2.86 bits per heavy atom. The van der Waals surface area contributed by atoms with Gasteiger partial charge in [0.05, 0.1) is 0 Å². The van der Waals surface area contributed by atoms with Crippen LogP contribution in [-0.2, 0) is 0 Å². The molecule has 1 aliphatic rings. The lowest BCUT2D eigenvalue weighted by atomic mass is 10.2. The quantitative estimate of drug-likeness (QED) is 0.928. The van der Waals surface area contributed by atoms with Crippen LogP contribution in [0.4, 0.5) is 10.6 Å². The van der Waals surface area contributed by atoms with Gasteiger partial charge in [-0.1, -0.05) is 13.0 Å². The van der Waals surface area contributed by atoms with Gasteiger partial charge >= 0.3 is 6.03 Å². The van der Waals surface area contributed by atoms with Gasteiger partial charge in [-0.3, -0.25) is 10.1 Å². The van der Waals surface area contributed by atoms with Crippen LogP contribution in [0.1, 0.15) is 36.7 Å². The molecule has 114 valence electrons. The summed E-state index contributed by atoms with van der Waals surface area (Å²) in [5, 5.41) is 2.79. The summed E-state index contributed by atoms with van der Waals surface area (Å²) in [6, 6.07) is 5.22. The predicted octanol–water partition coefficient (Wildman–Crippen LogP) is 2.19. The number of hydrogen-bond donors (Lipinski definition) is 1. The Kier molecular flexibility index (Phi) is 4.77. The highest BCUT2D eigenvalue weighted by molar-refractivity contribution is 5.93. The van der Waals surface area contributed by atoms with Crippen LogP contribution in [0.3, 0.4) is 0 Å². The van der Waals surface area contributed by atoms with Gasteiger partial charge < -0.3 is 9.80 Å². The second-order valence-corrected chi connectivity index (χ2v) is 5.44. The Bertz CT molecular complexity index is 530. The van der Waals surface area contributed by atoms with Crippen LogP contribution in [0.15, 0.2) is 18.2 Å². The van der Waals surface area contributed by atoms with Crippen molar-refractivity contribution in [3.63, 3.8) is 0 Å². The van der Waals surface area contributed by atoms with Gasteiger partial charge in [0.25, 0.3) is 5.91 Å². The van der Waals surface area contributed by atoms with E-state index in [2.05, 4.69) is 17.2 Å². The minimum Gasteiger partial charge on any atom is -0.343 e. The maximum absolute atomic E-state index is 12.3. The van der Waals surface area contributed by atoms with Crippen molar-refractivity contribution in [2.24, 2.45) is 0 Å². The Labute approximate surface area is 125 Å². The number of urea groups is 1. The summed E-state index contributed by atoms with van der Waals surface area (Å²) in [6.07, 6.45) is 3.05. The van der Waals surface area contributed by atoms with Gasteiger partial charge in [-0.25, -0.2) is 9.78 Å². The SMILES string of the molecule is CC[C@H]1CCCN1C(=O)Nc1cccc(C(=O)N(C)C)n1. The average Bonchev–Trinajstić information content (AvgIpc) is 2.95. The molecular formula is C15H22N4O2. The van der Waals surface area contributed by atoms with Crippen molar-refractivity contribution in [3.05, 3.63) is 23.9 Å². The molecule has 1 saturated heterocycles. The number of nitrogens with one attached hydrogen (secondary N) is 1. The summed E-state index contributed by atoms with van der Waals surface area (Å²) < 4.78 is 0. The van der Waals surface area contributed by atoms with Crippen molar-refractivity contribution < 1.29 is 9.59 Å². The van der Waals surface area contributed by atoms with E-state index in [0.717, 1.165) is 25.8 Å². The third kappa shape index (κ3) is 3.51. The first-order valence-electron chi connectivity index (χ1n) is 7.29.